The number of nitrogens with two attached hydrogens (primary N) is 1. The van der Waals surface area contributed by atoms with E-state index >= 15 is 0 Å². The van der Waals surface area contributed by atoms with Crippen LogP contribution in [0.1, 0.15) is 46.0 Å². The second-order valence-electron chi connectivity index (χ2n) is 5.31. The Morgan fingerprint density at radius 2 is 1.88 bits per heavy atom. The fourth-order valence-corrected chi connectivity index (χ4v) is 1.79. The van der Waals surface area contributed by atoms with Crippen LogP contribution in [0.3, 0.4) is 0 Å². The second-order valence-corrected chi connectivity index (χ2v) is 5.31. The van der Waals surface area contributed by atoms with Crippen molar-refractivity contribution in [2.75, 3.05) is 33.7 Å². The van der Waals surface area contributed by atoms with Gasteiger partial charge in [-0.15, -0.1) is 0 Å². The molecule has 0 rings (SSSR count). The van der Waals surface area contributed by atoms with Crippen LogP contribution in [0, 0.1) is 0 Å². The molecule has 0 radical (unpaired) electrons. The Hall–Kier alpha value is -0.120. The average Bonchev–Trinajstić information content (AvgIpc) is 2.24. The zero-order valence-corrected chi connectivity index (χ0v) is 11.7. The van der Waals surface area contributed by atoms with Crippen LogP contribution >= 0.6 is 0 Å². The minimum Gasteiger partial charge on any atom is -0.329 e. The minimum absolute atomic E-state index is 0.129. The molecule has 3 nitrogen and oxygen atoms in total. The molecule has 1 atom stereocenters. The summed E-state index contributed by atoms with van der Waals surface area (Å²) in [5.74, 6) is 0. The summed E-state index contributed by atoms with van der Waals surface area (Å²) in [5, 5.41) is 3.59. The van der Waals surface area contributed by atoms with Crippen molar-refractivity contribution in [3.8, 4) is 0 Å². The van der Waals surface area contributed by atoms with E-state index in [0.29, 0.717) is 0 Å². The summed E-state index contributed by atoms with van der Waals surface area (Å²) in [4.78, 5) is 2.20. The van der Waals surface area contributed by atoms with Crippen LogP contribution in [0.5, 0.6) is 0 Å². The van der Waals surface area contributed by atoms with Gasteiger partial charge < -0.3 is 16.0 Å². The Labute approximate surface area is 102 Å². The van der Waals surface area contributed by atoms with Gasteiger partial charge in [0.1, 0.15) is 0 Å². The number of nitrogens with zero attached hydrogens (tertiary/aromatic N) is 1. The van der Waals surface area contributed by atoms with Gasteiger partial charge in [0.2, 0.25) is 0 Å². The third-order valence-electron chi connectivity index (χ3n) is 3.14. The molecule has 0 aliphatic rings. The first-order chi connectivity index (χ1) is 7.54. The highest BCUT2D eigenvalue weighted by Crippen LogP contribution is 2.13. The van der Waals surface area contributed by atoms with Crippen LogP contribution in [0.2, 0.25) is 0 Å². The Balaban J connectivity index is 3.72. The van der Waals surface area contributed by atoms with Gasteiger partial charge in [-0.3, -0.25) is 0 Å². The van der Waals surface area contributed by atoms with Crippen LogP contribution in [0.25, 0.3) is 0 Å². The van der Waals surface area contributed by atoms with E-state index in [0.717, 1.165) is 19.6 Å². The van der Waals surface area contributed by atoms with Crippen molar-refractivity contribution in [1.82, 2.24) is 10.2 Å². The smallest absolute Gasteiger partial charge is 0.0276 e. The molecule has 0 heterocycles. The fourth-order valence-electron chi connectivity index (χ4n) is 1.79. The van der Waals surface area contributed by atoms with Gasteiger partial charge in [0, 0.05) is 25.2 Å². The van der Waals surface area contributed by atoms with Gasteiger partial charge in [0.15, 0.2) is 0 Å². The van der Waals surface area contributed by atoms with Gasteiger partial charge in [0.05, 0.1) is 0 Å². The maximum atomic E-state index is 5.86. The van der Waals surface area contributed by atoms with Crippen molar-refractivity contribution in [3.05, 3.63) is 0 Å². The van der Waals surface area contributed by atoms with Crippen molar-refractivity contribution in [2.24, 2.45) is 5.73 Å². The van der Waals surface area contributed by atoms with Gasteiger partial charge in [-0.1, -0.05) is 32.6 Å². The summed E-state index contributed by atoms with van der Waals surface area (Å²) in [5.41, 5.74) is 5.99. The van der Waals surface area contributed by atoms with Crippen LogP contribution in [-0.2, 0) is 0 Å². The topological polar surface area (TPSA) is 41.3 Å². The largest absolute Gasteiger partial charge is 0.329 e. The number of likely N-dealkylation sites (N-methyl/N-ethyl adjacent to an activating group) is 1. The molecule has 0 spiro atoms. The van der Waals surface area contributed by atoms with Gasteiger partial charge >= 0.3 is 0 Å². The Morgan fingerprint density at radius 1 is 1.19 bits per heavy atom. The van der Waals surface area contributed by atoms with Crippen molar-refractivity contribution >= 4 is 0 Å². The molecule has 0 fully saturated rings. The van der Waals surface area contributed by atoms with E-state index in [1.54, 1.807) is 0 Å². The molecular weight excluding hydrogens is 198 g/mol. The standard InChI is InChI=1S/C13H31N3/c1-5-6-7-8-9-13(2,12-14)15-10-11-16(3)4/h15H,5-12,14H2,1-4H3. The van der Waals surface area contributed by atoms with E-state index in [-0.39, 0.29) is 5.54 Å². The highest BCUT2D eigenvalue weighted by molar-refractivity contribution is 4.84. The first-order valence-corrected chi connectivity index (χ1v) is 6.64. The molecule has 98 valence electrons. The molecule has 0 amide bonds. The maximum absolute atomic E-state index is 5.86. The zero-order chi connectivity index (χ0) is 12.4. The third-order valence-corrected chi connectivity index (χ3v) is 3.14. The molecule has 0 aromatic rings. The summed E-state index contributed by atoms with van der Waals surface area (Å²) in [6.45, 7) is 7.32. The van der Waals surface area contributed by atoms with E-state index in [4.69, 9.17) is 5.73 Å². The Kier molecular flexibility index (Phi) is 8.90. The van der Waals surface area contributed by atoms with E-state index < -0.39 is 0 Å². The van der Waals surface area contributed by atoms with Crippen LogP contribution in [-0.4, -0.2) is 44.2 Å². The summed E-state index contributed by atoms with van der Waals surface area (Å²) < 4.78 is 0. The SMILES string of the molecule is CCCCCCC(C)(CN)NCCN(C)C. The monoisotopic (exact) mass is 229 g/mol. The van der Waals surface area contributed by atoms with Crippen LogP contribution in [0.4, 0.5) is 0 Å². The molecule has 16 heavy (non-hydrogen) atoms. The molecule has 3 N–H and O–H groups in total. The lowest BCUT2D eigenvalue weighted by Gasteiger charge is -2.30. The number of rotatable bonds is 10. The van der Waals surface area contributed by atoms with Crippen LogP contribution in [0.15, 0.2) is 0 Å². The number of nitrogens with one attached hydrogen (secondary N) is 1. The van der Waals surface area contributed by atoms with E-state index in [9.17, 15) is 0 Å². The molecule has 0 saturated heterocycles. The van der Waals surface area contributed by atoms with Crippen molar-refractivity contribution < 1.29 is 0 Å². The predicted octanol–water partition coefficient (Wildman–Crippen LogP) is 1.83. The summed E-state index contributed by atoms with van der Waals surface area (Å²) in [6, 6.07) is 0. The van der Waals surface area contributed by atoms with E-state index in [1.807, 2.05) is 0 Å². The normalized spacial score (nSPS) is 15.4. The van der Waals surface area contributed by atoms with E-state index in [1.165, 1.54) is 32.1 Å². The molecule has 0 saturated carbocycles. The van der Waals surface area contributed by atoms with E-state index in [2.05, 4.69) is 38.2 Å². The lowest BCUT2D eigenvalue weighted by atomic mass is 9.94. The second kappa shape index (κ2) is 8.97. The zero-order valence-electron chi connectivity index (χ0n) is 11.7. The minimum atomic E-state index is 0.129. The molecule has 0 aromatic heterocycles. The van der Waals surface area contributed by atoms with Gasteiger partial charge in [-0.2, -0.15) is 0 Å². The van der Waals surface area contributed by atoms with Crippen molar-refractivity contribution in [2.45, 2.75) is 51.5 Å². The number of hydrogen-bond donors (Lipinski definition) is 2. The van der Waals surface area contributed by atoms with Crippen LogP contribution < -0.4 is 11.1 Å². The molecular formula is C13H31N3. The molecule has 1 unspecified atom stereocenters. The van der Waals surface area contributed by atoms with Crippen molar-refractivity contribution in [1.29, 1.82) is 0 Å². The summed E-state index contributed by atoms with van der Waals surface area (Å²) in [7, 11) is 4.20. The lowest BCUT2D eigenvalue weighted by molar-refractivity contribution is 0.302. The molecule has 0 aromatic carbocycles. The van der Waals surface area contributed by atoms with Gasteiger partial charge in [-0.05, 0) is 27.4 Å². The number of hydrogen-bond acceptors (Lipinski definition) is 3. The highest BCUT2D eigenvalue weighted by Gasteiger charge is 2.20. The molecule has 0 aliphatic carbocycles. The molecule has 3 heteroatoms. The summed E-state index contributed by atoms with van der Waals surface area (Å²) >= 11 is 0. The Bertz CT molecular complexity index is 159. The fraction of sp³-hybridized carbons (Fsp3) is 1.00. The third kappa shape index (κ3) is 8.08. The predicted molar refractivity (Wildman–Crippen MR) is 72.8 cm³/mol. The molecule has 0 aliphatic heterocycles. The Morgan fingerprint density at radius 3 is 2.38 bits per heavy atom. The quantitative estimate of drug-likeness (QED) is 0.562. The number of unbranched alkanes of at least 4 members (excludes halogenated alkanes) is 3. The lowest BCUT2D eigenvalue weighted by Crippen LogP contribution is -2.50. The van der Waals surface area contributed by atoms with Gasteiger partial charge in [-0.25, -0.2) is 0 Å². The average molecular weight is 229 g/mol. The first-order valence-electron chi connectivity index (χ1n) is 6.64. The molecule has 0 bridgehead atoms. The summed E-state index contributed by atoms with van der Waals surface area (Å²) in [6.07, 6.45) is 6.46. The maximum Gasteiger partial charge on any atom is 0.0276 e. The highest BCUT2D eigenvalue weighted by atomic mass is 15.1. The van der Waals surface area contributed by atoms with Crippen molar-refractivity contribution in [3.63, 3.8) is 0 Å². The first kappa shape index (κ1) is 15.9. The van der Waals surface area contributed by atoms with Gasteiger partial charge in [0.25, 0.3) is 0 Å².